The Kier molecular flexibility index (Phi) is 3.92. The van der Waals surface area contributed by atoms with Gasteiger partial charge in [-0.1, -0.05) is 6.92 Å². The normalized spacial score (nSPS) is 19.8. The molecular weight excluding hydrogens is 266 g/mol. The highest BCUT2D eigenvalue weighted by Crippen LogP contribution is 2.26. The maximum atomic E-state index is 11.6. The molecular formula is C16H21N3O2. The van der Waals surface area contributed by atoms with Crippen molar-refractivity contribution in [3.63, 3.8) is 0 Å². The van der Waals surface area contributed by atoms with Gasteiger partial charge in [-0.05, 0) is 38.1 Å². The van der Waals surface area contributed by atoms with Gasteiger partial charge in [0.1, 0.15) is 5.82 Å². The number of ether oxygens (including phenoxy) is 1. The quantitative estimate of drug-likeness (QED) is 0.813. The molecule has 0 saturated carbocycles. The van der Waals surface area contributed by atoms with Gasteiger partial charge in [-0.3, -0.25) is 0 Å². The number of imidazole rings is 1. The Hall–Kier alpha value is -1.88. The maximum Gasteiger partial charge on any atom is 0.337 e. The second kappa shape index (κ2) is 5.85. The molecule has 0 bridgehead atoms. The molecule has 3 rings (SSSR count). The van der Waals surface area contributed by atoms with Gasteiger partial charge in [0.15, 0.2) is 0 Å². The van der Waals surface area contributed by atoms with Gasteiger partial charge in [0, 0.05) is 18.7 Å². The Bertz CT molecular complexity index is 650. The van der Waals surface area contributed by atoms with Crippen LogP contribution in [0, 0.1) is 0 Å². The van der Waals surface area contributed by atoms with Crippen molar-refractivity contribution in [2.45, 2.75) is 25.7 Å². The van der Waals surface area contributed by atoms with E-state index in [-0.39, 0.29) is 5.97 Å². The van der Waals surface area contributed by atoms with Crippen LogP contribution in [0.1, 0.15) is 41.9 Å². The van der Waals surface area contributed by atoms with Crippen molar-refractivity contribution < 1.29 is 9.53 Å². The standard InChI is InChI=1S/C16H21N3O2/c1-3-18-7-4-5-13(11-18)15-17-10-14-9-12(16(20)21-2)6-8-19(14)15/h6,8-10,13H,3-5,7,11H2,1-2H3. The molecule has 2 aromatic heterocycles. The molecule has 5 heteroatoms. The number of aromatic nitrogens is 2. The van der Waals surface area contributed by atoms with Gasteiger partial charge in [0.2, 0.25) is 0 Å². The molecule has 2 aromatic rings. The molecule has 0 N–H and O–H groups in total. The van der Waals surface area contributed by atoms with E-state index < -0.39 is 0 Å². The van der Waals surface area contributed by atoms with Crippen molar-refractivity contribution >= 4 is 11.5 Å². The van der Waals surface area contributed by atoms with E-state index in [1.165, 1.54) is 26.5 Å². The zero-order valence-electron chi connectivity index (χ0n) is 12.6. The molecule has 112 valence electrons. The SMILES string of the molecule is CCN1CCCC(c2ncc3cc(C(=O)OC)ccn23)C1. The molecule has 1 aliphatic rings. The Morgan fingerprint density at radius 1 is 1.52 bits per heavy atom. The Morgan fingerprint density at radius 2 is 2.38 bits per heavy atom. The summed E-state index contributed by atoms with van der Waals surface area (Å²) in [4.78, 5) is 18.7. The molecule has 1 saturated heterocycles. The topological polar surface area (TPSA) is 46.8 Å². The number of carbonyl (C=O) groups excluding carboxylic acids is 1. The Balaban J connectivity index is 1.91. The Morgan fingerprint density at radius 3 is 3.14 bits per heavy atom. The molecule has 5 nitrogen and oxygen atoms in total. The average molecular weight is 287 g/mol. The number of methoxy groups -OCH3 is 1. The number of likely N-dealkylation sites (N-methyl/N-ethyl adjacent to an activating group) is 1. The minimum absolute atomic E-state index is 0.310. The van der Waals surface area contributed by atoms with Crippen LogP contribution in [0.4, 0.5) is 0 Å². The van der Waals surface area contributed by atoms with Crippen LogP contribution < -0.4 is 0 Å². The summed E-state index contributed by atoms with van der Waals surface area (Å²) in [6.07, 6.45) is 6.16. The molecule has 21 heavy (non-hydrogen) atoms. The van der Waals surface area contributed by atoms with Gasteiger partial charge in [-0.2, -0.15) is 0 Å². The number of pyridine rings is 1. The highest BCUT2D eigenvalue weighted by molar-refractivity contribution is 5.90. The van der Waals surface area contributed by atoms with Gasteiger partial charge in [-0.15, -0.1) is 0 Å². The molecule has 1 aliphatic heterocycles. The van der Waals surface area contributed by atoms with Crippen molar-refractivity contribution in [3.8, 4) is 0 Å². The first-order valence-corrected chi connectivity index (χ1v) is 7.50. The van der Waals surface area contributed by atoms with E-state index in [1.54, 1.807) is 6.07 Å². The lowest BCUT2D eigenvalue weighted by Gasteiger charge is -2.31. The first-order valence-electron chi connectivity index (χ1n) is 7.50. The van der Waals surface area contributed by atoms with Crippen molar-refractivity contribution in [1.29, 1.82) is 0 Å². The number of esters is 1. The summed E-state index contributed by atoms with van der Waals surface area (Å²) in [7, 11) is 1.40. The number of rotatable bonds is 3. The number of hydrogen-bond donors (Lipinski definition) is 0. The first kappa shape index (κ1) is 14.1. The van der Waals surface area contributed by atoms with E-state index in [1.807, 2.05) is 18.5 Å². The summed E-state index contributed by atoms with van der Waals surface area (Å²) >= 11 is 0. The van der Waals surface area contributed by atoms with Gasteiger partial charge in [0.05, 0.1) is 24.4 Å². The predicted octanol–water partition coefficient (Wildman–Crippen LogP) is 2.32. The molecule has 1 atom stereocenters. The smallest absolute Gasteiger partial charge is 0.337 e. The number of hydrogen-bond acceptors (Lipinski definition) is 4. The highest BCUT2D eigenvalue weighted by Gasteiger charge is 2.23. The summed E-state index contributed by atoms with van der Waals surface area (Å²) in [5, 5.41) is 0. The number of carbonyl (C=O) groups is 1. The third kappa shape index (κ3) is 2.65. The lowest BCUT2D eigenvalue weighted by atomic mass is 9.97. The third-order valence-corrected chi connectivity index (χ3v) is 4.30. The van der Waals surface area contributed by atoms with Gasteiger partial charge in [0.25, 0.3) is 0 Å². The molecule has 1 unspecified atom stereocenters. The molecule has 0 radical (unpaired) electrons. The van der Waals surface area contributed by atoms with Crippen LogP contribution in [0.2, 0.25) is 0 Å². The predicted molar refractivity (Wildman–Crippen MR) is 80.6 cm³/mol. The highest BCUT2D eigenvalue weighted by atomic mass is 16.5. The van der Waals surface area contributed by atoms with E-state index in [0.29, 0.717) is 11.5 Å². The number of fused-ring (bicyclic) bond motifs is 1. The lowest BCUT2D eigenvalue weighted by Crippen LogP contribution is -2.34. The third-order valence-electron chi connectivity index (χ3n) is 4.30. The van der Waals surface area contributed by atoms with Crippen LogP contribution in [0.5, 0.6) is 0 Å². The summed E-state index contributed by atoms with van der Waals surface area (Å²) < 4.78 is 6.86. The minimum atomic E-state index is -0.310. The zero-order chi connectivity index (χ0) is 14.8. The fourth-order valence-electron chi connectivity index (χ4n) is 3.12. The van der Waals surface area contributed by atoms with Crippen LogP contribution in [-0.2, 0) is 4.74 Å². The van der Waals surface area contributed by atoms with Crippen LogP contribution in [0.3, 0.4) is 0 Å². The molecule has 0 aromatic carbocycles. The molecule has 0 aliphatic carbocycles. The largest absolute Gasteiger partial charge is 0.465 e. The van der Waals surface area contributed by atoms with Crippen molar-refractivity contribution in [3.05, 3.63) is 35.9 Å². The van der Waals surface area contributed by atoms with Crippen molar-refractivity contribution in [1.82, 2.24) is 14.3 Å². The van der Waals surface area contributed by atoms with Gasteiger partial charge >= 0.3 is 5.97 Å². The molecule has 0 amide bonds. The molecule has 3 heterocycles. The van der Waals surface area contributed by atoms with E-state index >= 15 is 0 Å². The van der Waals surface area contributed by atoms with Crippen LogP contribution >= 0.6 is 0 Å². The van der Waals surface area contributed by atoms with Crippen molar-refractivity contribution in [2.24, 2.45) is 0 Å². The lowest BCUT2D eigenvalue weighted by molar-refractivity contribution is 0.0600. The zero-order valence-corrected chi connectivity index (χ0v) is 12.6. The van der Waals surface area contributed by atoms with Crippen LogP contribution in [0.25, 0.3) is 5.52 Å². The fourth-order valence-corrected chi connectivity index (χ4v) is 3.12. The second-order valence-corrected chi connectivity index (χ2v) is 5.55. The minimum Gasteiger partial charge on any atom is -0.465 e. The van der Waals surface area contributed by atoms with Gasteiger partial charge < -0.3 is 14.0 Å². The summed E-state index contributed by atoms with van der Waals surface area (Å²) in [6, 6.07) is 3.63. The number of piperidine rings is 1. The molecule has 0 spiro atoms. The Labute approximate surface area is 124 Å². The van der Waals surface area contributed by atoms with Gasteiger partial charge in [-0.25, -0.2) is 9.78 Å². The maximum absolute atomic E-state index is 11.6. The fraction of sp³-hybridized carbons (Fsp3) is 0.500. The monoisotopic (exact) mass is 287 g/mol. The summed E-state index contributed by atoms with van der Waals surface area (Å²) in [5.41, 5.74) is 1.51. The van der Waals surface area contributed by atoms with E-state index in [0.717, 1.165) is 24.4 Å². The van der Waals surface area contributed by atoms with Crippen LogP contribution in [0.15, 0.2) is 24.5 Å². The number of nitrogens with zero attached hydrogens (tertiary/aromatic N) is 3. The van der Waals surface area contributed by atoms with Crippen LogP contribution in [-0.4, -0.2) is 47.0 Å². The summed E-state index contributed by atoms with van der Waals surface area (Å²) in [6.45, 7) is 5.54. The van der Waals surface area contributed by atoms with E-state index in [4.69, 9.17) is 4.74 Å². The first-order chi connectivity index (χ1) is 10.2. The average Bonchev–Trinajstić information content (AvgIpc) is 2.97. The van der Waals surface area contributed by atoms with E-state index in [2.05, 4.69) is 21.2 Å². The summed E-state index contributed by atoms with van der Waals surface area (Å²) in [5.74, 6) is 1.25. The van der Waals surface area contributed by atoms with Crippen molar-refractivity contribution in [2.75, 3.05) is 26.7 Å². The second-order valence-electron chi connectivity index (χ2n) is 5.55. The number of likely N-dealkylation sites (tertiary alicyclic amines) is 1. The van der Waals surface area contributed by atoms with E-state index in [9.17, 15) is 4.79 Å². The molecule has 1 fully saturated rings.